The second-order valence-corrected chi connectivity index (χ2v) is 26.2. The van der Waals surface area contributed by atoms with E-state index in [2.05, 4.69) is 88.1 Å². The molecule has 1 fully saturated rings. The summed E-state index contributed by atoms with van der Waals surface area (Å²) in [5.41, 5.74) is -0.500. The Labute approximate surface area is 424 Å². The highest BCUT2D eigenvalue weighted by Gasteiger charge is 2.42. The molecule has 1 aromatic heterocycles. The quantitative estimate of drug-likeness (QED) is 0.0895. The van der Waals surface area contributed by atoms with Crippen LogP contribution in [-0.2, 0) is 43.2 Å². The van der Waals surface area contributed by atoms with Gasteiger partial charge in [-0.3, -0.25) is 33.8 Å². The number of amides is 4. The van der Waals surface area contributed by atoms with E-state index in [9.17, 15) is 38.4 Å². The number of hydroxylamine groups is 4. The van der Waals surface area contributed by atoms with Crippen molar-refractivity contribution in [1.82, 2.24) is 20.0 Å². The fourth-order valence-electron chi connectivity index (χ4n) is 3.24. The number of hydrogen-bond acceptors (Lipinski definition) is 12. The van der Waals surface area contributed by atoms with Gasteiger partial charge in [-0.1, -0.05) is 123 Å². The van der Waals surface area contributed by atoms with Crippen molar-refractivity contribution in [3.8, 4) is 0 Å². The minimum Gasteiger partial charge on any atom is -0.357 e. The van der Waals surface area contributed by atoms with Crippen LogP contribution in [0.5, 0.6) is 0 Å². The lowest BCUT2D eigenvalue weighted by Crippen LogP contribution is -2.37. The van der Waals surface area contributed by atoms with E-state index in [0.717, 1.165) is 0 Å². The smallest absolute Gasteiger partial charge is 0.357 e. The average molecular weight is 995 g/mol. The summed E-state index contributed by atoms with van der Waals surface area (Å²) in [6.07, 6.45) is 1.51. The number of Topliss-reactive ketones (excluding diaryl/α,β-unsaturated/α-hetero) is 1. The minimum absolute atomic E-state index is 0. The highest BCUT2D eigenvalue weighted by molar-refractivity contribution is 6.20. The van der Waals surface area contributed by atoms with E-state index in [0.29, 0.717) is 32.4 Å². The van der Waals surface area contributed by atoms with Gasteiger partial charge in [0.15, 0.2) is 0 Å². The first-order valence-corrected chi connectivity index (χ1v) is 23.3. The summed E-state index contributed by atoms with van der Waals surface area (Å²) in [7, 11) is 7.35. The number of ether oxygens (including phenoxy) is 1. The highest BCUT2D eigenvalue weighted by Crippen LogP contribution is 2.25. The van der Waals surface area contributed by atoms with E-state index in [1.807, 2.05) is 69.7 Å². The first kappa shape index (κ1) is 73.9. The van der Waals surface area contributed by atoms with Crippen LogP contribution >= 0.6 is 0 Å². The van der Waals surface area contributed by atoms with E-state index < -0.39 is 57.7 Å². The van der Waals surface area contributed by atoms with Crippen molar-refractivity contribution in [1.29, 1.82) is 0 Å². The Morgan fingerprint density at radius 2 is 0.929 bits per heavy atom. The zero-order valence-corrected chi connectivity index (χ0v) is 48.7. The lowest BCUT2D eigenvalue weighted by molar-refractivity contribution is -0.479. The van der Waals surface area contributed by atoms with Gasteiger partial charge in [-0.2, -0.15) is 0 Å². The molecule has 0 spiro atoms. The highest BCUT2D eigenvalue weighted by atomic mass is 16.7. The number of ketones is 1. The van der Waals surface area contributed by atoms with Crippen LogP contribution in [0.4, 0.5) is 0 Å². The number of pyridine rings is 1. The molecule has 70 heavy (non-hydrogen) atoms. The van der Waals surface area contributed by atoms with Gasteiger partial charge in [-0.05, 0) is 97.6 Å². The summed E-state index contributed by atoms with van der Waals surface area (Å²) >= 11 is 0. The molecule has 406 valence electrons. The van der Waals surface area contributed by atoms with Gasteiger partial charge in [0.25, 0.3) is 17.7 Å². The lowest BCUT2D eigenvalue weighted by Gasteiger charge is -2.20. The van der Waals surface area contributed by atoms with Crippen molar-refractivity contribution in [3.05, 3.63) is 29.6 Å². The molecule has 1 unspecified atom stereocenters. The van der Waals surface area contributed by atoms with Crippen LogP contribution in [0, 0.1) is 43.8 Å². The van der Waals surface area contributed by atoms with Crippen molar-refractivity contribution < 1.29 is 57.3 Å². The maximum Gasteiger partial charge on any atom is 0.453 e. The van der Waals surface area contributed by atoms with Crippen LogP contribution in [0.1, 0.15) is 215 Å². The fraction of sp³-hybridized carbons (Fsp3) is 0.741. The zero-order chi connectivity index (χ0) is 56.4. The van der Waals surface area contributed by atoms with Crippen LogP contribution in [0.3, 0.4) is 0 Å². The predicted molar refractivity (Wildman–Crippen MR) is 280 cm³/mol. The fourth-order valence-corrected chi connectivity index (χ4v) is 3.24. The molecule has 1 atom stereocenters. The van der Waals surface area contributed by atoms with E-state index in [-0.39, 0.29) is 42.3 Å². The van der Waals surface area contributed by atoms with Crippen LogP contribution in [0.25, 0.3) is 0 Å². The predicted octanol–water partition coefficient (Wildman–Crippen LogP) is 11.2. The van der Waals surface area contributed by atoms with Crippen LogP contribution < -0.4 is 0 Å². The number of esters is 1. The average Bonchev–Trinajstić information content (AvgIpc) is 3.48. The molecule has 0 aromatic carbocycles. The number of imide groups is 2. The van der Waals surface area contributed by atoms with Crippen molar-refractivity contribution in [3.63, 3.8) is 0 Å². The molecular weight excluding hydrogens is 895 g/mol. The van der Waals surface area contributed by atoms with Gasteiger partial charge >= 0.3 is 29.8 Å². The first-order chi connectivity index (χ1) is 30.2. The maximum absolute atomic E-state index is 11.9. The molecule has 4 amide bonds. The Kier molecular flexibility index (Phi) is 31.0. The molecule has 1 aromatic rings. The number of carbonyl (C=O) groups excluding carboxylic acids is 8. The van der Waals surface area contributed by atoms with Crippen molar-refractivity contribution in [2.75, 3.05) is 28.2 Å². The molecule has 0 bridgehead atoms. The Bertz CT molecular complexity index is 1830. The van der Waals surface area contributed by atoms with Crippen LogP contribution in [-0.4, -0.2) is 106 Å². The third kappa shape index (κ3) is 36.0. The van der Waals surface area contributed by atoms with E-state index >= 15 is 0 Å². The molecule has 0 radical (unpaired) electrons. The Balaban J connectivity index is -0.000000249. The Hall–Kier alpha value is -5.02. The number of fused-ring (bicyclic) bond motifs is 1. The number of aromatic nitrogens is 1. The van der Waals surface area contributed by atoms with Gasteiger partial charge in [0.1, 0.15) is 11.5 Å². The molecule has 3 heterocycles. The summed E-state index contributed by atoms with van der Waals surface area (Å²) in [4.78, 5) is 107. The van der Waals surface area contributed by atoms with Crippen LogP contribution in [0.15, 0.2) is 18.3 Å². The SMILES string of the molecule is C.CC(=O)C(C)(C)C.CC(C)(C)C.CC(C)(C)C.CC(C)(C)C.CC(C)(C)C(=O)ON1C(=O)c2cccnc2C1=O.CC1CC(=O)N(OC(=O)C(C)(C)C)C1=O.CN(C)C(OC(=O)C(C)(C)C)=[N+](C)C. The van der Waals surface area contributed by atoms with Crippen molar-refractivity contribution >= 4 is 53.3 Å². The van der Waals surface area contributed by atoms with Gasteiger partial charge in [0.2, 0.25) is 0 Å². The van der Waals surface area contributed by atoms with E-state index in [1.54, 1.807) is 70.9 Å². The minimum atomic E-state index is -0.803. The van der Waals surface area contributed by atoms with Crippen molar-refractivity contribution in [2.24, 2.45) is 43.8 Å². The van der Waals surface area contributed by atoms with Gasteiger partial charge in [-0.25, -0.2) is 19.1 Å². The molecule has 1 saturated heterocycles. The largest absolute Gasteiger partial charge is 0.453 e. The normalized spacial score (nSPS) is 14.4. The topological polar surface area (TPSA) is 190 Å². The number of hydrogen-bond donors (Lipinski definition) is 0. The Morgan fingerprint density at radius 1 is 0.600 bits per heavy atom. The number of rotatable bonds is 2. The molecule has 2 aliphatic rings. The second-order valence-electron chi connectivity index (χ2n) is 26.2. The third-order valence-electron chi connectivity index (χ3n) is 7.13. The lowest BCUT2D eigenvalue weighted by atomic mass is 9.92. The Morgan fingerprint density at radius 3 is 1.17 bits per heavy atom. The number of carbonyl (C=O) groups is 8. The number of amidine groups is 1. The molecule has 0 saturated carbocycles. The molecular formula is C54H100N5O11+. The summed E-state index contributed by atoms with van der Waals surface area (Å²) in [5, 5.41) is 1.05. The monoisotopic (exact) mass is 995 g/mol. The molecule has 0 N–H and O–H groups in total. The van der Waals surface area contributed by atoms with Crippen molar-refractivity contribution in [2.45, 2.75) is 194 Å². The van der Waals surface area contributed by atoms with Crippen LogP contribution in [0.2, 0.25) is 0 Å². The molecule has 0 aliphatic carbocycles. The number of nitrogens with zero attached hydrogens (tertiary/aromatic N) is 5. The third-order valence-corrected chi connectivity index (χ3v) is 7.13. The van der Waals surface area contributed by atoms with Gasteiger partial charge < -0.3 is 14.4 Å². The standard InChI is InChI=1S/C12H12N2O4.C10H21N2O2.C10H15NO4.C6H12O.3C5H12.CH4/c1-12(2,3)11(17)18-14-9(15)7-5-4-6-13-8(7)10(14)16;1-10(2,3)8(13)14-9(11(4)5)12(6)7;1-6-5-7(12)11(8(6)13)15-9(14)10(2,3)4;1-5(7)6(2,3)4;3*1-5(2,3)4;/h4-6H,1-3H3;1-7H3;6H,5H2,1-4H3;1-4H3;3*1-4H3;1H4/q;+1;;;;;;. The van der Waals surface area contributed by atoms with Gasteiger partial charge in [-0.15, -0.1) is 5.06 Å². The zero-order valence-electron chi connectivity index (χ0n) is 48.7. The molecule has 3 rings (SSSR count). The molecule has 16 heteroatoms. The first-order valence-electron chi connectivity index (χ1n) is 23.3. The van der Waals surface area contributed by atoms with Gasteiger partial charge in [0.05, 0.1) is 50.0 Å². The second kappa shape index (κ2) is 29.4. The summed E-state index contributed by atoms with van der Waals surface area (Å²) in [6, 6.07) is 3.55. The van der Waals surface area contributed by atoms with E-state index in [1.165, 1.54) is 12.3 Å². The molecule has 16 nitrogen and oxygen atoms in total. The van der Waals surface area contributed by atoms with E-state index in [4.69, 9.17) is 14.4 Å². The maximum atomic E-state index is 11.9. The summed E-state index contributed by atoms with van der Waals surface area (Å²) in [5.74, 6) is -3.90. The van der Waals surface area contributed by atoms with Gasteiger partial charge in [0, 0.05) is 24.0 Å². The molecule has 2 aliphatic heterocycles. The summed E-state index contributed by atoms with van der Waals surface area (Å²) < 4.78 is 7.03. The summed E-state index contributed by atoms with van der Waals surface area (Å²) in [6.45, 7) is 50.6.